The molecule has 3 rings (SSSR count). The first-order valence-corrected chi connectivity index (χ1v) is 9.08. The summed E-state index contributed by atoms with van der Waals surface area (Å²) in [5, 5.41) is 21.2. The Bertz CT molecular complexity index is 870. The van der Waals surface area contributed by atoms with Crippen LogP contribution in [0.3, 0.4) is 0 Å². The lowest BCUT2D eigenvalue weighted by molar-refractivity contribution is -0.383. The number of benzene rings is 1. The van der Waals surface area contributed by atoms with Gasteiger partial charge >= 0.3 is 5.97 Å². The molecule has 1 aliphatic rings. The summed E-state index contributed by atoms with van der Waals surface area (Å²) in [7, 11) is 1.85. The van der Waals surface area contributed by atoms with Gasteiger partial charge < -0.3 is 10.0 Å². The lowest BCUT2D eigenvalue weighted by Crippen LogP contribution is -2.36. The molecule has 2 aromatic rings. The Morgan fingerprint density at radius 1 is 1.41 bits per heavy atom. The van der Waals surface area contributed by atoms with E-state index in [0.717, 1.165) is 49.1 Å². The third-order valence-electron chi connectivity index (χ3n) is 5.17. The standard InChI is InChI=1S/C19H24N4O4/c1-13-11-17(15-6-3-7-16(23(26)27)19(15)20-13)22-9-4-5-14(8-10-22)21(2)12-18(24)25/h3,6-7,11,14H,4-5,8-10,12H2,1-2H3,(H,24,25). The summed E-state index contributed by atoms with van der Waals surface area (Å²) in [5.41, 5.74) is 2.14. The zero-order valence-electron chi connectivity index (χ0n) is 15.6. The van der Waals surface area contributed by atoms with Crippen LogP contribution in [0.15, 0.2) is 24.3 Å². The fraction of sp³-hybridized carbons (Fsp3) is 0.474. The molecule has 144 valence electrons. The van der Waals surface area contributed by atoms with E-state index in [2.05, 4.69) is 9.88 Å². The van der Waals surface area contributed by atoms with E-state index < -0.39 is 10.9 Å². The van der Waals surface area contributed by atoms with Crippen molar-refractivity contribution in [3.8, 4) is 0 Å². The van der Waals surface area contributed by atoms with Gasteiger partial charge in [-0.15, -0.1) is 0 Å². The molecule has 2 heterocycles. The van der Waals surface area contributed by atoms with Crippen molar-refractivity contribution in [2.75, 3.05) is 31.6 Å². The quantitative estimate of drug-likeness (QED) is 0.636. The molecular weight excluding hydrogens is 348 g/mol. The largest absolute Gasteiger partial charge is 0.480 e. The summed E-state index contributed by atoms with van der Waals surface area (Å²) in [5.74, 6) is -0.818. The number of non-ortho nitro benzene ring substituents is 1. The molecule has 8 heteroatoms. The molecular formula is C19H24N4O4. The zero-order chi connectivity index (χ0) is 19.6. The van der Waals surface area contributed by atoms with Crippen LogP contribution in [0.1, 0.15) is 25.0 Å². The van der Waals surface area contributed by atoms with Crippen molar-refractivity contribution in [3.05, 3.63) is 40.1 Å². The van der Waals surface area contributed by atoms with Gasteiger partial charge in [0.05, 0.1) is 11.5 Å². The van der Waals surface area contributed by atoms with E-state index in [1.807, 2.05) is 31.0 Å². The Kier molecular flexibility index (Phi) is 5.55. The second-order valence-corrected chi connectivity index (χ2v) is 7.09. The number of para-hydroxylation sites is 1. The molecule has 1 saturated heterocycles. The van der Waals surface area contributed by atoms with Crippen LogP contribution < -0.4 is 4.90 Å². The van der Waals surface area contributed by atoms with Crippen LogP contribution in [0.25, 0.3) is 10.9 Å². The number of nitrogens with zero attached hydrogens (tertiary/aromatic N) is 4. The Labute approximate surface area is 157 Å². The molecule has 1 aromatic heterocycles. The number of aryl methyl sites for hydroxylation is 1. The van der Waals surface area contributed by atoms with E-state index in [4.69, 9.17) is 5.11 Å². The van der Waals surface area contributed by atoms with E-state index in [0.29, 0.717) is 5.52 Å². The number of likely N-dealkylation sites (N-methyl/N-ethyl adjacent to an activating group) is 1. The van der Waals surface area contributed by atoms with Crippen LogP contribution in [0.2, 0.25) is 0 Å². The zero-order valence-corrected chi connectivity index (χ0v) is 15.6. The van der Waals surface area contributed by atoms with Gasteiger partial charge in [0.15, 0.2) is 5.52 Å². The minimum Gasteiger partial charge on any atom is -0.480 e. The van der Waals surface area contributed by atoms with Crippen LogP contribution in [0.4, 0.5) is 11.4 Å². The molecule has 1 aliphatic heterocycles. The van der Waals surface area contributed by atoms with Gasteiger partial charge in [-0.3, -0.25) is 19.8 Å². The number of carbonyl (C=O) groups is 1. The van der Waals surface area contributed by atoms with Crippen LogP contribution in [0.5, 0.6) is 0 Å². The fourth-order valence-corrected chi connectivity index (χ4v) is 3.85. The highest BCUT2D eigenvalue weighted by Crippen LogP contribution is 2.33. The Morgan fingerprint density at radius 2 is 2.19 bits per heavy atom. The van der Waals surface area contributed by atoms with Crippen LogP contribution >= 0.6 is 0 Å². The van der Waals surface area contributed by atoms with Crippen molar-refractivity contribution < 1.29 is 14.8 Å². The molecule has 8 nitrogen and oxygen atoms in total. The SMILES string of the molecule is Cc1cc(N2CCCC(N(C)CC(=O)O)CC2)c2cccc([N+](=O)[O-])c2n1. The van der Waals surface area contributed by atoms with Gasteiger partial charge in [0.2, 0.25) is 0 Å². The van der Waals surface area contributed by atoms with Gasteiger partial charge in [0, 0.05) is 42.0 Å². The molecule has 0 bridgehead atoms. The first kappa shape index (κ1) is 19.0. The molecule has 1 unspecified atom stereocenters. The lowest BCUT2D eigenvalue weighted by atomic mass is 10.1. The van der Waals surface area contributed by atoms with E-state index in [1.54, 1.807) is 6.07 Å². The molecule has 1 atom stereocenters. The van der Waals surface area contributed by atoms with Gasteiger partial charge in [0.1, 0.15) is 0 Å². The van der Waals surface area contributed by atoms with Gasteiger partial charge in [-0.05, 0) is 39.3 Å². The average Bonchev–Trinajstić information content (AvgIpc) is 2.86. The van der Waals surface area contributed by atoms with Crippen LogP contribution in [0, 0.1) is 17.0 Å². The monoisotopic (exact) mass is 372 g/mol. The van der Waals surface area contributed by atoms with Gasteiger partial charge in [-0.2, -0.15) is 0 Å². The molecule has 1 fully saturated rings. The fourth-order valence-electron chi connectivity index (χ4n) is 3.85. The lowest BCUT2D eigenvalue weighted by Gasteiger charge is -2.27. The first-order valence-electron chi connectivity index (χ1n) is 9.08. The normalized spacial score (nSPS) is 17.9. The minimum absolute atomic E-state index is 0.0198. The second kappa shape index (κ2) is 7.87. The number of nitro benzene ring substituents is 1. The topological polar surface area (TPSA) is 99.8 Å². The Hall–Kier alpha value is -2.74. The number of aromatic nitrogens is 1. The van der Waals surface area contributed by atoms with E-state index in [9.17, 15) is 14.9 Å². The van der Waals surface area contributed by atoms with Crippen LogP contribution in [-0.4, -0.2) is 58.6 Å². The molecule has 0 aliphatic carbocycles. The van der Waals surface area contributed by atoms with E-state index in [1.165, 1.54) is 6.07 Å². The predicted octanol–water partition coefficient (Wildman–Crippen LogP) is 2.83. The third-order valence-corrected chi connectivity index (χ3v) is 5.17. The number of hydrogen-bond donors (Lipinski definition) is 1. The highest BCUT2D eigenvalue weighted by atomic mass is 16.6. The smallest absolute Gasteiger partial charge is 0.317 e. The number of carboxylic acids is 1. The number of rotatable bonds is 5. The van der Waals surface area contributed by atoms with Crippen molar-refractivity contribution in [2.45, 2.75) is 32.2 Å². The summed E-state index contributed by atoms with van der Waals surface area (Å²) >= 11 is 0. The third kappa shape index (κ3) is 4.16. The maximum Gasteiger partial charge on any atom is 0.317 e. The van der Waals surface area contributed by atoms with E-state index in [-0.39, 0.29) is 18.3 Å². The molecule has 0 radical (unpaired) electrons. The highest BCUT2D eigenvalue weighted by molar-refractivity contribution is 5.97. The van der Waals surface area contributed by atoms with Gasteiger partial charge in [-0.1, -0.05) is 12.1 Å². The number of aliphatic carboxylic acids is 1. The molecule has 1 aromatic carbocycles. The summed E-state index contributed by atoms with van der Waals surface area (Å²) in [4.78, 5) is 30.5. The van der Waals surface area contributed by atoms with E-state index >= 15 is 0 Å². The van der Waals surface area contributed by atoms with Gasteiger partial charge in [-0.25, -0.2) is 4.98 Å². The number of hydrogen-bond acceptors (Lipinski definition) is 6. The number of carboxylic acid groups (broad SMARTS) is 1. The van der Waals surface area contributed by atoms with Crippen LogP contribution in [-0.2, 0) is 4.79 Å². The maximum absolute atomic E-state index is 11.4. The summed E-state index contributed by atoms with van der Waals surface area (Å²) in [6.07, 6.45) is 2.72. The predicted molar refractivity (Wildman–Crippen MR) is 103 cm³/mol. The summed E-state index contributed by atoms with van der Waals surface area (Å²) < 4.78 is 0. The Balaban J connectivity index is 1.90. The molecule has 27 heavy (non-hydrogen) atoms. The molecule has 0 saturated carbocycles. The average molecular weight is 372 g/mol. The van der Waals surface area contributed by atoms with Crippen molar-refractivity contribution in [2.24, 2.45) is 0 Å². The van der Waals surface area contributed by atoms with Crippen molar-refractivity contribution >= 4 is 28.2 Å². The first-order chi connectivity index (χ1) is 12.9. The number of fused-ring (bicyclic) bond motifs is 1. The van der Waals surface area contributed by atoms with Gasteiger partial charge in [0.25, 0.3) is 5.69 Å². The summed E-state index contributed by atoms with van der Waals surface area (Å²) in [6, 6.07) is 7.26. The minimum atomic E-state index is -0.818. The number of nitro groups is 1. The molecule has 0 amide bonds. The molecule has 1 N–H and O–H groups in total. The Morgan fingerprint density at radius 3 is 2.89 bits per heavy atom. The molecule has 0 spiro atoms. The number of pyridine rings is 1. The summed E-state index contributed by atoms with van der Waals surface area (Å²) in [6.45, 7) is 3.49. The van der Waals surface area contributed by atoms with Crippen molar-refractivity contribution in [3.63, 3.8) is 0 Å². The van der Waals surface area contributed by atoms with Crippen molar-refractivity contribution in [1.82, 2.24) is 9.88 Å². The maximum atomic E-state index is 11.4. The van der Waals surface area contributed by atoms with Crippen molar-refractivity contribution in [1.29, 1.82) is 0 Å². The second-order valence-electron chi connectivity index (χ2n) is 7.09. The number of anilines is 1. The highest BCUT2D eigenvalue weighted by Gasteiger charge is 2.24.